The molecule has 1 fully saturated rings. The molecule has 1 aliphatic heterocycles. The number of nitrogens with zero attached hydrogens (tertiary/aromatic N) is 1. The SMILES string of the molecule is CCC(N)CC(=O)N1CCCC(C)C1. The lowest BCUT2D eigenvalue weighted by atomic mass is 9.99. The standard InChI is InChI=1S/C11H22N2O/c1-3-10(12)7-11(14)13-6-4-5-9(2)8-13/h9-10H,3-8,12H2,1-2H3. The van der Waals surface area contributed by atoms with Crippen LogP contribution in [0.25, 0.3) is 0 Å². The van der Waals surface area contributed by atoms with E-state index >= 15 is 0 Å². The van der Waals surface area contributed by atoms with Crippen LogP contribution < -0.4 is 5.73 Å². The Bertz CT molecular complexity index is 194. The zero-order chi connectivity index (χ0) is 10.6. The summed E-state index contributed by atoms with van der Waals surface area (Å²) in [5, 5.41) is 0. The summed E-state index contributed by atoms with van der Waals surface area (Å²) in [6.45, 7) is 6.09. The van der Waals surface area contributed by atoms with Gasteiger partial charge in [0.25, 0.3) is 0 Å². The number of nitrogens with two attached hydrogens (primary N) is 1. The number of rotatable bonds is 3. The number of likely N-dealkylation sites (tertiary alicyclic amines) is 1. The normalized spacial score (nSPS) is 24.8. The fourth-order valence-electron chi connectivity index (χ4n) is 1.91. The lowest BCUT2D eigenvalue weighted by Gasteiger charge is -2.31. The molecule has 0 aliphatic carbocycles. The topological polar surface area (TPSA) is 46.3 Å². The van der Waals surface area contributed by atoms with E-state index < -0.39 is 0 Å². The molecule has 0 aromatic rings. The van der Waals surface area contributed by atoms with Crippen LogP contribution in [-0.4, -0.2) is 29.9 Å². The molecule has 1 rings (SSSR count). The van der Waals surface area contributed by atoms with Crippen molar-refractivity contribution in [1.82, 2.24) is 4.90 Å². The molecule has 14 heavy (non-hydrogen) atoms. The van der Waals surface area contributed by atoms with E-state index in [1.54, 1.807) is 0 Å². The first kappa shape index (κ1) is 11.5. The van der Waals surface area contributed by atoms with Crippen molar-refractivity contribution in [3.05, 3.63) is 0 Å². The zero-order valence-corrected chi connectivity index (χ0v) is 9.33. The van der Waals surface area contributed by atoms with Crippen molar-refractivity contribution < 1.29 is 4.79 Å². The highest BCUT2D eigenvalue weighted by Crippen LogP contribution is 2.16. The van der Waals surface area contributed by atoms with Crippen molar-refractivity contribution in [2.24, 2.45) is 11.7 Å². The van der Waals surface area contributed by atoms with E-state index in [0.29, 0.717) is 12.3 Å². The van der Waals surface area contributed by atoms with Gasteiger partial charge in [0.2, 0.25) is 5.91 Å². The van der Waals surface area contributed by atoms with Gasteiger partial charge in [-0.25, -0.2) is 0 Å². The first-order chi connectivity index (χ1) is 6.63. The Hall–Kier alpha value is -0.570. The van der Waals surface area contributed by atoms with Gasteiger partial charge in [-0.05, 0) is 25.2 Å². The maximum Gasteiger partial charge on any atom is 0.224 e. The number of hydrogen-bond acceptors (Lipinski definition) is 2. The molecule has 0 radical (unpaired) electrons. The number of amides is 1. The van der Waals surface area contributed by atoms with Gasteiger partial charge in [0.05, 0.1) is 0 Å². The van der Waals surface area contributed by atoms with Crippen LogP contribution in [0.5, 0.6) is 0 Å². The highest BCUT2D eigenvalue weighted by atomic mass is 16.2. The largest absolute Gasteiger partial charge is 0.342 e. The van der Waals surface area contributed by atoms with Crippen LogP contribution in [0, 0.1) is 5.92 Å². The van der Waals surface area contributed by atoms with Crippen molar-refractivity contribution in [2.45, 2.75) is 45.6 Å². The van der Waals surface area contributed by atoms with Crippen molar-refractivity contribution in [3.8, 4) is 0 Å². The second-order valence-electron chi connectivity index (χ2n) is 4.46. The van der Waals surface area contributed by atoms with E-state index in [9.17, 15) is 4.79 Å². The van der Waals surface area contributed by atoms with Crippen LogP contribution in [-0.2, 0) is 4.79 Å². The Morgan fingerprint density at radius 3 is 2.93 bits per heavy atom. The van der Waals surface area contributed by atoms with Gasteiger partial charge in [-0.1, -0.05) is 13.8 Å². The zero-order valence-electron chi connectivity index (χ0n) is 9.33. The van der Waals surface area contributed by atoms with Crippen molar-refractivity contribution in [3.63, 3.8) is 0 Å². The highest BCUT2D eigenvalue weighted by molar-refractivity contribution is 5.76. The highest BCUT2D eigenvalue weighted by Gasteiger charge is 2.21. The van der Waals surface area contributed by atoms with Gasteiger partial charge < -0.3 is 10.6 Å². The summed E-state index contributed by atoms with van der Waals surface area (Å²) in [5.41, 5.74) is 5.77. The van der Waals surface area contributed by atoms with E-state index in [-0.39, 0.29) is 11.9 Å². The molecule has 0 spiro atoms. The van der Waals surface area contributed by atoms with Crippen LogP contribution in [0.3, 0.4) is 0 Å². The molecule has 2 N–H and O–H groups in total. The molecule has 2 atom stereocenters. The quantitative estimate of drug-likeness (QED) is 0.744. The Labute approximate surface area is 86.6 Å². The van der Waals surface area contributed by atoms with E-state index in [2.05, 4.69) is 6.92 Å². The predicted octanol–water partition coefficient (Wildman–Crippen LogP) is 1.37. The van der Waals surface area contributed by atoms with Crippen LogP contribution >= 0.6 is 0 Å². The molecular weight excluding hydrogens is 176 g/mol. The molecule has 1 aliphatic rings. The molecule has 0 bridgehead atoms. The summed E-state index contributed by atoms with van der Waals surface area (Å²) in [7, 11) is 0. The van der Waals surface area contributed by atoms with Crippen LogP contribution in [0.4, 0.5) is 0 Å². The third-order valence-electron chi connectivity index (χ3n) is 2.97. The fraction of sp³-hybridized carbons (Fsp3) is 0.909. The van der Waals surface area contributed by atoms with Gasteiger partial charge in [0, 0.05) is 25.6 Å². The molecule has 82 valence electrons. The summed E-state index contributed by atoms with van der Waals surface area (Å²) >= 11 is 0. The maximum absolute atomic E-state index is 11.8. The van der Waals surface area contributed by atoms with Gasteiger partial charge in [-0.2, -0.15) is 0 Å². The summed E-state index contributed by atoms with van der Waals surface area (Å²) in [6, 6.07) is 0.0414. The second kappa shape index (κ2) is 5.35. The molecule has 3 heteroatoms. The maximum atomic E-state index is 11.8. The molecule has 2 unspecified atom stereocenters. The molecule has 1 amide bonds. The molecule has 0 aromatic carbocycles. The molecular formula is C11H22N2O. The lowest BCUT2D eigenvalue weighted by molar-refractivity contribution is -0.133. The van der Waals surface area contributed by atoms with E-state index in [1.165, 1.54) is 6.42 Å². The van der Waals surface area contributed by atoms with Crippen molar-refractivity contribution in [2.75, 3.05) is 13.1 Å². The van der Waals surface area contributed by atoms with E-state index in [4.69, 9.17) is 5.73 Å². The third-order valence-corrected chi connectivity index (χ3v) is 2.97. The number of carbonyl (C=O) groups excluding carboxylic acids is 1. The monoisotopic (exact) mass is 198 g/mol. The Kier molecular flexibility index (Phi) is 4.39. The smallest absolute Gasteiger partial charge is 0.224 e. The minimum absolute atomic E-state index is 0.0414. The Morgan fingerprint density at radius 1 is 1.64 bits per heavy atom. The Balaban J connectivity index is 2.36. The second-order valence-corrected chi connectivity index (χ2v) is 4.46. The number of piperidine rings is 1. The third kappa shape index (κ3) is 3.29. The summed E-state index contributed by atoms with van der Waals surface area (Å²) in [5.74, 6) is 0.899. The molecule has 3 nitrogen and oxygen atoms in total. The lowest BCUT2D eigenvalue weighted by Crippen LogP contribution is -2.41. The molecule has 1 saturated heterocycles. The number of hydrogen-bond donors (Lipinski definition) is 1. The van der Waals surface area contributed by atoms with E-state index in [0.717, 1.165) is 25.9 Å². The average molecular weight is 198 g/mol. The van der Waals surface area contributed by atoms with Crippen LogP contribution in [0.1, 0.15) is 39.5 Å². The fourth-order valence-corrected chi connectivity index (χ4v) is 1.91. The van der Waals surface area contributed by atoms with Crippen LogP contribution in [0.2, 0.25) is 0 Å². The minimum atomic E-state index is 0.0414. The Morgan fingerprint density at radius 2 is 2.36 bits per heavy atom. The predicted molar refractivity (Wildman–Crippen MR) is 57.9 cm³/mol. The molecule has 0 aromatic heterocycles. The molecule has 1 heterocycles. The average Bonchev–Trinajstić information content (AvgIpc) is 2.17. The van der Waals surface area contributed by atoms with Gasteiger partial charge in [-0.15, -0.1) is 0 Å². The van der Waals surface area contributed by atoms with E-state index in [1.807, 2.05) is 11.8 Å². The van der Waals surface area contributed by atoms with Crippen molar-refractivity contribution in [1.29, 1.82) is 0 Å². The summed E-state index contributed by atoms with van der Waals surface area (Å²) < 4.78 is 0. The summed E-state index contributed by atoms with van der Waals surface area (Å²) in [6.07, 6.45) is 3.80. The first-order valence-electron chi connectivity index (χ1n) is 5.66. The first-order valence-corrected chi connectivity index (χ1v) is 5.66. The van der Waals surface area contributed by atoms with Gasteiger partial charge in [-0.3, -0.25) is 4.79 Å². The summed E-state index contributed by atoms with van der Waals surface area (Å²) in [4.78, 5) is 13.7. The molecule has 0 saturated carbocycles. The minimum Gasteiger partial charge on any atom is -0.342 e. The van der Waals surface area contributed by atoms with Gasteiger partial charge in [0.1, 0.15) is 0 Å². The van der Waals surface area contributed by atoms with Crippen LogP contribution in [0.15, 0.2) is 0 Å². The van der Waals surface area contributed by atoms with Gasteiger partial charge >= 0.3 is 0 Å². The van der Waals surface area contributed by atoms with Gasteiger partial charge in [0.15, 0.2) is 0 Å². The number of carbonyl (C=O) groups is 1. The van der Waals surface area contributed by atoms with Crippen molar-refractivity contribution >= 4 is 5.91 Å².